The molecule has 1 heterocycles. The van der Waals surface area contributed by atoms with Crippen LogP contribution in [0.5, 0.6) is 0 Å². The highest BCUT2D eigenvalue weighted by Gasteiger charge is 2.22. The van der Waals surface area contributed by atoms with E-state index in [9.17, 15) is 18.0 Å². The number of carboxylic acid groups (broad SMARTS) is 1. The summed E-state index contributed by atoms with van der Waals surface area (Å²) in [6.07, 6.45) is 1.03. The zero-order valence-electron chi connectivity index (χ0n) is 11.8. The third kappa shape index (κ3) is 4.87. The van der Waals surface area contributed by atoms with E-state index in [1.165, 1.54) is 14.0 Å². The highest BCUT2D eigenvalue weighted by atomic mass is 32.2. The molecule has 21 heavy (non-hydrogen) atoms. The molecule has 0 spiro atoms. The van der Waals surface area contributed by atoms with Gasteiger partial charge in [-0.05, 0) is 26.8 Å². The van der Waals surface area contributed by atoms with E-state index in [-0.39, 0.29) is 22.8 Å². The largest absolute Gasteiger partial charge is 0.481 e. The Morgan fingerprint density at radius 2 is 2.00 bits per heavy atom. The van der Waals surface area contributed by atoms with E-state index < -0.39 is 21.9 Å². The number of sulfonamides is 1. The molecule has 8 nitrogen and oxygen atoms in total. The Morgan fingerprint density at radius 3 is 2.57 bits per heavy atom. The summed E-state index contributed by atoms with van der Waals surface area (Å²) < 4.78 is 30.3. The van der Waals surface area contributed by atoms with E-state index in [1.54, 1.807) is 0 Å². The lowest BCUT2D eigenvalue weighted by Crippen LogP contribution is -2.24. The van der Waals surface area contributed by atoms with Crippen molar-refractivity contribution in [2.45, 2.75) is 31.3 Å². The molecule has 1 aromatic heterocycles. The summed E-state index contributed by atoms with van der Waals surface area (Å²) in [6, 6.07) is 1.16. The summed E-state index contributed by atoms with van der Waals surface area (Å²) in [5.74, 6) is -1.13. The fourth-order valence-corrected chi connectivity index (χ4v) is 2.32. The molecule has 0 aliphatic rings. The standard InChI is InChI=1S/C12H18N2O6S/c1-8-9(7-11(20-8)21(18,19)13-2)12(17)14-6-4-3-5-10(15)16/h7,13H,3-6H2,1-2H3,(H,14,17)(H,15,16). The van der Waals surface area contributed by atoms with Gasteiger partial charge in [-0.15, -0.1) is 0 Å². The zero-order chi connectivity index (χ0) is 16.0. The summed E-state index contributed by atoms with van der Waals surface area (Å²) in [5.41, 5.74) is 0.141. The average Bonchev–Trinajstić information content (AvgIpc) is 2.80. The second kappa shape index (κ2) is 7.23. The van der Waals surface area contributed by atoms with Crippen molar-refractivity contribution in [2.75, 3.05) is 13.6 Å². The molecule has 3 N–H and O–H groups in total. The summed E-state index contributed by atoms with van der Waals surface area (Å²) in [6.45, 7) is 1.80. The van der Waals surface area contributed by atoms with Crippen molar-refractivity contribution in [2.24, 2.45) is 0 Å². The Balaban J connectivity index is 2.61. The maximum Gasteiger partial charge on any atom is 0.303 e. The smallest absolute Gasteiger partial charge is 0.303 e. The molecule has 0 saturated carbocycles. The monoisotopic (exact) mass is 318 g/mol. The minimum Gasteiger partial charge on any atom is -0.481 e. The number of nitrogens with one attached hydrogen (secondary N) is 2. The minimum atomic E-state index is -3.73. The average molecular weight is 318 g/mol. The topological polar surface area (TPSA) is 126 Å². The second-order valence-electron chi connectivity index (χ2n) is 4.35. The van der Waals surface area contributed by atoms with Crippen molar-refractivity contribution in [1.82, 2.24) is 10.0 Å². The first-order chi connectivity index (χ1) is 9.77. The van der Waals surface area contributed by atoms with Crippen molar-refractivity contribution in [3.8, 4) is 0 Å². The number of aryl methyl sites for hydroxylation is 1. The van der Waals surface area contributed by atoms with Gasteiger partial charge in [0.05, 0.1) is 5.56 Å². The van der Waals surface area contributed by atoms with Crippen molar-refractivity contribution < 1.29 is 27.5 Å². The van der Waals surface area contributed by atoms with Crippen LogP contribution in [0, 0.1) is 6.92 Å². The summed E-state index contributed by atoms with van der Waals surface area (Å²) in [5, 5.41) is 10.7. The molecule has 1 aromatic rings. The third-order valence-corrected chi connectivity index (χ3v) is 4.04. The number of aliphatic carboxylic acids is 1. The predicted octanol–water partition coefficient (Wildman–Crippen LogP) is 0.481. The van der Waals surface area contributed by atoms with Crippen LogP contribution in [0.2, 0.25) is 0 Å². The molecule has 9 heteroatoms. The van der Waals surface area contributed by atoms with Gasteiger partial charge in [-0.1, -0.05) is 0 Å². The molecule has 0 radical (unpaired) electrons. The van der Waals surface area contributed by atoms with E-state index in [0.29, 0.717) is 19.4 Å². The van der Waals surface area contributed by atoms with Crippen LogP contribution in [0.4, 0.5) is 0 Å². The zero-order valence-corrected chi connectivity index (χ0v) is 12.6. The maximum absolute atomic E-state index is 11.9. The number of furan rings is 1. The van der Waals surface area contributed by atoms with Gasteiger partial charge in [0.25, 0.3) is 15.9 Å². The number of amides is 1. The fraction of sp³-hybridized carbons (Fsp3) is 0.500. The lowest BCUT2D eigenvalue weighted by molar-refractivity contribution is -0.137. The summed E-state index contributed by atoms with van der Waals surface area (Å²) in [4.78, 5) is 22.2. The number of unbranched alkanes of at least 4 members (excludes halogenated alkanes) is 1. The van der Waals surface area contributed by atoms with Gasteiger partial charge in [0.1, 0.15) is 5.76 Å². The lowest BCUT2D eigenvalue weighted by atomic mass is 10.2. The van der Waals surface area contributed by atoms with E-state index in [1.807, 2.05) is 0 Å². The third-order valence-electron chi connectivity index (χ3n) is 2.78. The Labute approximate surface area is 122 Å². The van der Waals surface area contributed by atoms with Gasteiger partial charge in [0, 0.05) is 19.0 Å². The van der Waals surface area contributed by atoms with Crippen molar-refractivity contribution >= 4 is 21.9 Å². The first-order valence-corrected chi connectivity index (χ1v) is 7.80. The highest BCUT2D eigenvalue weighted by molar-refractivity contribution is 7.89. The van der Waals surface area contributed by atoms with Gasteiger partial charge in [-0.3, -0.25) is 9.59 Å². The summed E-state index contributed by atoms with van der Waals surface area (Å²) >= 11 is 0. The van der Waals surface area contributed by atoms with Gasteiger partial charge >= 0.3 is 5.97 Å². The fourth-order valence-electron chi connectivity index (χ4n) is 1.61. The molecule has 0 unspecified atom stereocenters. The number of hydrogen-bond donors (Lipinski definition) is 3. The number of rotatable bonds is 8. The number of carbonyl (C=O) groups excluding carboxylic acids is 1. The van der Waals surface area contributed by atoms with Crippen LogP contribution in [0.1, 0.15) is 35.4 Å². The Bertz CT molecular complexity index is 620. The second-order valence-corrected chi connectivity index (χ2v) is 6.17. The summed E-state index contributed by atoms with van der Waals surface area (Å²) in [7, 11) is -2.49. The first kappa shape index (κ1) is 17.2. The normalized spacial score (nSPS) is 11.3. The molecular weight excluding hydrogens is 300 g/mol. The first-order valence-electron chi connectivity index (χ1n) is 6.32. The van der Waals surface area contributed by atoms with Crippen LogP contribution in [0.25, 0.3) is 0 Å². The lowest BCUT2D eigenvalue weighted by Gasteiger charge is -2.03. The number of carboxylic acids is 1. The van der Waals surface area contributed by atoms with Crippen LogP contribution in [-0.4, -0.2) is 39.0 Å². The molecule has 0 aliphatic heterocycles. The molecule has 1 rings (SSSR count). The minimum absolute atomic E-state index is 0.0468. The number of hydrogen-bond acceptors (Lipinski definition) is 5. The molecule has 0 atom stereocenters. The highest BCUT2D eigenvalue weighted by Crippen LogP contribution is 2.18. The van der Waals surface area contributed by atoms with E-state index in [0.717, 1.165) is 6.07 Å². The Hall–Kier alpha value is -1.87. The Kier molecular flexibility index (Phi) is 5.91. The van der Waals surface area contributed by atoms with Gasteiger partial charge < -0.3 is 14.8 Å². The molecule has 0 bridgehead atoms. The molecular formula is C12H18N2O6S. The van der Waals surface area contributed by atoms with Gasteiger partial charge in [-0.25, -0.2) is 13.1 Å². The molecule has 118 valence electrons. The van der Waals surface area contributed by atoms with Crippen molar-refractivity contribution in [3.63, 3.8) is 0 Å². The molecule has 0 aliphatic carbocycles. The maximum atomic E-state index is 11.9. The SMILES string of the molecule is CNS(=O)(=O)c1cc(C(=O)NCCCCC(=O)O)c(C)o1. The molecule has 1 amide bonds. The van der Waals surface area contributed by atoms with Crippen LogP contribution >= 0.6 is 0 Å². The number of carbonyl (C=O) groups is 2. The van der Waals surface area contributed by atoms with Gasteiger partial charge in [-0.2, -0.15) is 0 Å². The van der Waals surface area contributed by atoms with E-state index in [2.05, 4.69) is 10.0 Å². The van der Waals surface area contributed by atoms with Crippen LogP contribution < -0.4 is 10.0 Å². The Morgan fingerprint density at radius 1 is 1.33 bits per heavy atom. The van der Waals surface area contributed by atoms with Gasteiger partial charge in [0.2, 0.25) is 5.09 Å². The van der Waals surface area contributed by atoms with Crippen molar-refractivity contribution in [1.29, 1.82) is 0 Å². The molecule has 0 saturated heterocycles. The van der Waals surface area contributed by atoms with Crippen LogP contribution in [0.3, 0.4) is 0 Å². The van der Waals surface area contributed by atoms with E-state index in [4.69, 9.17) is 9.52 Å². The quantitative estimate of drug-likeness (QED) is 0.599. The van der Waals surface area contributed by atoms with E-state index >= 15 is 0 Å². The molecule has 0 aromatic carbocycles. The predicted molar refractivity (Wildman–Crippen MR) is 73.5 cm³/mol. The molecule has 0 fully saturated rings. The van der Waals surface area contributed by atoms with Crippen molar-refractivity contribution in [3.05, 3.63) is 17.4 Å². The van der Waals surface area contributed by atoms with Crippen LogP contribution in [0.15, 0.2) is 15.6 Å². The van der Waals surface area contributed by atoms with Crippen LogP contribution in [-0.2, 0) is 14.8 Å². The van der Waals surface area contributed by atoms with Gasteiger partial charge in [0.15, 0.2) is 0 Å².